The zero-order valence-electron chi connectivity index (χ0n) is 9.59. The first-order valence-corrected chi connectivity index (χ1v) is 6.59. The van der Waals surface area contributed by atoms with Gasteiger partial charge < -0.3 is 5.32 Å². The van der Waals surface area contributed by atoms with E-state index in [1.807, 2.05) is 31.2 Å². The molecular formula is C11H10ClN5S. The van der Waals surface area contributed by atoms with E-state index < -0.39 is 0 Å². The van der Waals surface area contributed by atoms with Crippen LogP contribution < -0.4 is 5.32 Å². The van der Waals surface area contributed by atoms with Gasteiger partial charge in [-0.25, -0.2) is 0 Å². The number of fused-ring (bicyclic) bond motifs is 1. The van der Waals surface area contributed by atoms with Gasteiger partial charge in [-0.15, -0.1) is 10.2 Å². The third kappa shape index (κ3) is 2.16. The van der Waals surface area contributed by atoms with Gasteiger partial charge in [-0.1, -0.05) is 22.9 Å². The van der Waals surface area contributed by atoms with Gasteiger partial charge in [0.25, 0.3) is 0 Å². The van der Waals surface area contributed by atoms with Crippen LogP contribution in [0.3, 0.4) is 0 Å². The van der Waals surface area contributed by atoms with Crippen molar-refractivity contribution in [1.82, 2.24) is 19.8 Å². The Morgan fingerprint density at radius 2 is 2.06 bits per heavy atom. The second-order valence-electron chi connectivity index (χ2n) is 3.80. The van der Waals surface area contributed by atoms with Gasteiger partial charge in [-0.2, -0.15) is 9.61 Å². The number of rotatable bonds is 3. The molecule has 2 aromatic heterocycles. The molecule has 0 saturated carbocycles. The Bertz CT molecular complexity index is 672. The number of nitrogens with one attached hydrogen (secondary N) is 1. The van der Waals surface area contributed by atoms with Crippen LogP contribution in [0.1, 0.15) is 10.8 Å². The van der Waals surface area contributed by atoms with Gasteiger partial charge in [0, 0.05) is 10.7 Å². The predicted molar refractivity (Wildman–Crippen MR) is 72.2 cm³/mol. The molecule has 0 bridgehead atoms. The average Bonchev–Trinajstić information content (AvgIpc) is 2.91. The van der Waals surface area contributed by atoms with Crippen LogP contribution in [0.4, 0.5) is 5.69 Å². The van der Waals surface area contributed by atoms with Crippen LogP contribution in [0, 0.1) is 6.92 Å². The van der Waals surface area contributed by atoms with Gasteiger partial charge >= 0.3 is 0 Å². The fraction of sp³-hybridized carbons (Fsp3) is 0.182. The normalized spacial score (nSPS) is 11.0. The molecule has 7 heteroatoms. The Morgan fingerprint density at radius 1 is 1.28 bits per heavy atom. The summed E-state index contributed by atoms with van der Waals surface area (Å²) in [6.45, 7) is 2.55. The van der Waals surface area contributed by atoms with E-state index in [4.69, 9.17) is 11.6 Å². The molecule has 18 heavy (non-hydrogen) atoms. The zero-order valence-corrected chi connectivity index (χ0v) is 11.2. The number of halogens is 1. The lowest BCUT2D eigenvalue weighted by molar-refractivity contribution is 0.860. The molecule has 0 aliphatic rings. The van der Waals surface area contributed by atoms with Crippen molar-refractivity contribution < 1.29 is 0 Å². The molecule has 0 saturated heterocycles. The SMILES string of the molecule is Cc1nnc2sc(CNc3ccc(Cl)cc3)nn12. The number of nitrogens with zero attached hydrogens (tertiary/aromatic N) is 4. The predicted octanol–water partition coefficient (Wildman–Crippen LogP) is 2.76. The summed E-state index contributed by atoms with van der Waals surface area (Å²) >= 11 is 7.36. The minimum Gasteiger partial charge on any atom is -0.378 e. The summed E-state index contributed by atoms with van der Waals surface area (Å²) < 4.78 is 1.75. The minimum absolute atomic E-state index is 0.662. The minimum atomic E-state index is 0.662. The quantitative estimate of drug-likeness (QED) is 0.801. The first-order valence-electron chi connectivity index (χ1n) is 5.39. The highest BCUT2D eigenvalue weighted by Gasteiger charge is 2.07. The van der Waals surface area contributed by atoms with Crippen LogP contribution in [0.5, 0.6) is 0 Å². The lowest BCUT2D eigenvalue weighted by Gasteiger charge is -2.03. The molecule has 0 radical (unpaired) electrons. The van der Waals surface area contributed by atoms with Crippen LogP contribution in [-0.2, 0) is 6.54 Å². The molecule has 2 heterocycles. The Kier molecular flexibility index (Phi) is 2.89. The summed E-state index contributed by atoms with van der Waals surface area (Å²) in [4.78, 5) is 0.820. The molecule has 3 aromatic rings. The van der Waals surface area contributed by atoms with Crippen LogP contribution >= 0.6 is 22.9 Å². The topological polar surface area (TPSA) is 55.1 Å². The van der Waals surface area contributed by atoms with Gasteiger partial charge in [0.05, 0.1) is 6.54 Å². The molecule has 0 atom stereocenters. The number of hydrogen-bond donors (Lipinski definition) is 1. The summed E-state index contributed by atoms with van der Waals surface area (Å²) in [5, 5.41) is 17.4. The number of benzene rings is 1. The highest BCUT2D eigenvalue weighted by Crippen LogP contribution is 2.17. The largest absolute Gasteiger partial charge is 0.378 e. The van der Waals surface area contributed by atoms with Gasteiger partial charge in [0.15, 0.2) is 5.82 Å². The van der Waals surface area contributed by atoms with Gasteiger partial charge in [0.2, 0.25) is 4.96 Å². The standard InChI is InChI=1S/C11H10ClN5S/c1-7-14-15-11-17(7)16-10(18-11)6-13-9-4-2-8(12)3-5-9/h2-5,13H,6H2,1H3. The highest BCUT2D eigenvalue weighted by atomic mass is 35.5. The molecule has 3 rings (SSSR count). The monoisotopic (exact) mass is 279 g/mol. The van der Waals surface area contributed by atoms with Crippen molar-refractivity contribution in [3.05, 3.63) is 40.1 Å². The van der Waals surface area contributed by atoms with Crippen LogP contribution in [0.2, 0.25) is 5.02 Å². The first-order chi connectivity index (χ1) is 8.72. The van der Waals surface area contributed by atoms with E-state index in [1.54, 1.807) is 4.52 Å². The van der Waals surface area contributed by atoms with E-state index in [0.717, 1.165) is 26.5 Å². The van der Waals surface area contributed by atoms with Gasteiger partial charge in [-0.3, -0.25) is 0 Å². The summed E-state index contributed by atoms with van der Waals surface area (Å²) in [6, 6.07) is 7.58. The number of anilines is 1. The summed E-state index contributed by atoms with van der Waals surface area (Å²) in [7, 11) is 0. The Labute approximate surface area is 112 Å². The fourth-order valence-electron chi connectivity index (χ4n) is 1.57. The fourth-order valence-corrected chi connectivity index (χ4v) is 2.52. The number of hydrogen-bond acceptors (Lipinski definition) is 5. The molecular weight excluding hydrogens is 270 g/mol. The number of aryl methyl sites for hydroxylation is 1. The maximum atomic E-state index is 5.83. The van der Waals surface area contributed by atoms with Crippen molar-refractivity contribution >= 4 is 33.6 Å². The third-order valence-corrected chi connectivity index (χ3v) is 3.63. The molecule has 0 amide bonds. The molecule has 92 valence electrons. The first kappa shape index (κ1) is 11.4. The van der Waals surface area contributed by atoms with Crippen molar-refractivity contribution in [2.45, 2.75) is 13.5 Å². The highest BCUT2D eigenvalue weighted by molar-refractivity contribution is 7.16. The lowest BCUT2D eigenvalue weighted by atomic mass is 10.3. The van der Waals surface area contributed by atoms with Crippen molar-refractivity contribution in [2.75, 3.05) is 5.32 Å². The second-order valence-corrected chi connectivity index (χ2v) is 5.27. The van der Waals surface area contributed by atoms with E-state index in [1.165, 1.54) is 11.3 Å². The summed E-state index contributed by atoms with van der Waals surface area (Å²) in [5.74, 6) is 0.805. The molecule has 0 unspecified atom stereocenters. The maximum Gasteiger partial charge on any atom is 0.234 e. The molecule has 5 nitrogen and oxygen atoms in total. The Balaban J connectivity index is 1.74. The molecule has 0 aliphatic carbocycles. The maximum absolute atomic E-state index is 5.83. The van der Waals surface area contributed by atoms with E-state index in [2.05, 4.69) is 20.6 Å². The molecule has 0 spiro atoms. The van der Waals surface area contributed by atoms with Crippen LogP contribution in [0.25, 0.3) is 4.96 Å². The third-order valence-electron chi connectivity index (χ3n) is 2.48. The van der Waals surface area contributed by atoms with Crippen molar-refractivity contribution in [1.29, 1.82) is 0 Å². The lowest BCUT2D eigenvalue weighted by Crippen LogP contribution is -2.00. The molecule has 0 fully saturated rings. The summed E-state index contributed by atoms with van der Waals surface area (Å²) in [5.41, 5.74) is 1.02. The van der Waals surface area contributed by atoms with Gasteiger partial charge in [-0.05, 0) is 31.2 Å². The van der Waals surface area contributed by atoms with Crippen molar-refractivity contribution in [3.8, 4) is 0 Å². The van der Waals surface area contributed by atoms with Crippen molar-refractivity contribution in [3.63, 3.8) is 0 Å². The van der Waals surface area contributed by atoms with E-state index in [9.17, 15) is 0 Å². The Morgan fingerprint density at radius 3 is 2.78 bits per heavy atom. The average molecular weight is 280 g/mol. The van der Waals surface area contributed by atoms with Crippen LogP contribution in [-0.4, -0.2) is 19.8 Å². The van der Waals surface area contributed by atoms with Crippen LogP contribution in [0.15, 0.2) is 24.3 Å². The second kappa shape index (κ2) is 4.55. The van der Waals surface area contributed by atoms with Crippen molar-refractivity contribution in [2.24, 2.45) is 0 Å². The van der Waals surface area contributed by atoms with E-state index in [0.29, 0.717) is 6.54 Å². The molecule has 1 aromatic carbocycles. The summed E-state index contributed by atoms with van der Waals surface area (Å²) in [6.07, 6.45) is 0. The molecule has 1 N–H and O–H groups in total. The number of aromatic nitrogens is 4. The van der Waals surface area contributed by atoms with E-state index in [-0.39, 0.29) is 0 Å². The van der Waals surface area contributed by atoms with E-state index >= 15 is 0 Å². The van der Waals surface area contributed by atoms with Gasteiger partial charge in [0.1, 0.15) is 5.01 Å². The zero-order chi connectivity index (χ0) is 12.5. The molecule has 0 aliphatic heterocycles. The Hall–Kier alpha value is -1.66. The smallest absolute Gasteiger partial charge is 0.234 e.